The summed E-state index contributed by atoms with van der Waals surface area (Å²) >= 11 is 0. The first kappa shape index (κ1) is 16.6. The molecule has 0 N–H and O–H groups in total. The maximum Gasteiger partial charge on any atom is 0.338 e. The fourth-order valence-electron chi connectivity index (χ4n) is 2.04. The van der Waals surface area contributed by atoms with E-state index in [2.05, 4.69) is 4.18 Å². The zero-order valence-corrected chi connectivity index (χ0v) is 13.3. The minimum Gasteiger partial charge on any atom is -0.462 e. The van der Waals surface area contributed by atoms with Crippen LogP contribution in [-0.4, -0.2) is 38.6 Å². The molecule has 1 aliphatic heterocycles. The van der Waals surface area contributed by atoms with Crippen molar-refractivity contribution in [2.24, 2.45) is 5.92 Å². The van der Waals surface area contributed by atoms with Gasteiger partial charge in [0.2, 0.25) is 0 Å². The number of ketones is 1. The molecule has 7 heteroatoms. The maximum atomic E-state index is 12.2. The van der Waals surface area contributed by atoms with Crippen LogP contribution < -0.4 is 0 Å². The van der Waals surface area contributed by atoms with Crippen molar-refractivity contribution in [2.75, 3.05) is 13.2 Å². The summed E-state index contributed by atoms with van der Waals surface area (Å²) in [5, 5.41) is -1.16. The van der Waals surface area contributed by atoms with E-state index in [9.17, 15) is 18.0 Å². The van der Waals surface area contributed by atoms with Gasteiger partial charge < -0.3 is 4.74 Å². The molecule has 0 amide bonds. The van der Waals surface area contributed by atoms with Gasteiger partial charge in [-0.2, -0.15) is 8.42 Å². The number of carbonyl (C=O) groups excluding carboxylic acids is 2. The number of ether oxygens (including phenoxy) is 1. The maximum absolute atomic E-state index is 12.2. The Labute approximate surface area is 129 Å². The highest BCUT2D eigenvalue weighted by Crippen LogP contribution is 2.22. The number of Topliss-reactive ketones (excluding diaryl/α,β-unsaturated/α-hetero) is 1. The molecule has 1 atom stereocenters. The molecule has 0 aliphatic carbocycles. The van der Waals surface area contributed by atoms with Gasteiger partial charge in [0.05, 0.1) is 18.8 Å². The van der Waals surface area contributed by atoms with Gasteiger partial charge in [0, 0.05) is 5.56 Å². The molecule has 1 aromatic carbocycles. The summed E-state index contributed by atoms with van der Waals surface area (Å²) in [6.45, 7) is 4.20. The van der Waals surface area contributed by atoms with Gasteiger partial charge in [-0.05, 0) is 24.5 Å². The quantitative estimate of drug-likeness (QED) is 0.466. The highest BCUT2D eigenvalue weighted by atomic mass is 32.2. The highest BCUT2D eigenvalue weighted by molar-refractivity contribution is 7.88. The van der Waals surface area contributed by atoms with Crippen LogP contribution >= 0.6 is 0 Å². The van der Waals surface area contributed by atoms with Crippen molar-refractivity contribution in [2.45, 2.75) is 25.5 Å². The van der Waals surface area contributed by atoms with Crippen molar-refractivity contribution < 1.29 is 26.9 Å². The van der Waals surface area contributed by atoms with Crippen molar-refractivity contribution in [1.29, 1.82) is 0 Å². The Kier molecular flexibility index (Phi) is 4.97. The Morgan fingerprint density at radius 2 is 1.82 bits per heavy atom. The Balaban J connectivity index is 2.09. The molecular formula is C15H18O6S. The van der Waals surface area contributed by atoms with Crippen molar-refractivity contribution in [3.63, 3.8) is 0 Å². The van der Waals surface area contributed by atoms with Gasteiger partial charge in [0.15, 0.2) is 11.0 Å². The first-order chi connectivity index (χ1) is 10.3. The van der Waals surface area contributed by atoms with E-state index in [0.29, 0.717) is 12.2 Å². The van der Waals surface area contributed by atoms with Crippen LogP contribution in [0.5, 0.6) is 0 Å². The molecule has 120 valence electrons. The minimum atomic E-state index is -3.82. The largest absolute Gasteiger partial charge is 0.462 e. The molecular weight excluding hydrogens is 308 g/mol. The lowest BCUT2D eigenvalue weighted by Crippen LogP contribution is -2.25. The highest BCUT2D eigenvalue weighted by Gasteiger charge is 2.39. The topological polar surface area (TPSA) is 86.7 Å². The molecule has 1 fully saturated rings. The fraction of sp³-hybridized carbons (Fsp3) is 0.467. The predicted octanol–water partition coefficient (Wildman–Crippen LogP) is 1.80. The van der Waals surface area contributed by atoms with Crippen LogP contribution in [0.15, 0.2) is 24.3 Å². The molecule has 0 radical (unpaired) electrons. The van der Waals surface area contributed by atoms with E-state index in [0.717, 1.165) is 0 Å². The second-order valence-electron chi connectivity index (χ2n) is 5.53. The molecule has 22 heavy (non-hydrogen) atoms. The van der Waals surface area contributed by atoms with Crippen molar-refractivity contribution in [3.8, 4) is 0 Å². The smallest absolute Gasteiger partial charge is 0.338 e. The molecule has 0 spiro atoms. The average molecular weight is 326 g/mol. The van der Waals surface area contributed by atoms with Crippen LogP contribution in [-0.2, 0) is 19.0 Å². The van der Waals surface area contributed by atoms with Gasteiger partial charge in [0.25, 0.3) is 10.1 Å². The minimum absolute atomic E-state index is 0.0261. The molecule has 1 heterocycles. The third-order valence-electron chi connectivity index (χ3n) is 3.22. The molecule has 0 bridgehead atoms. The summed E-state index contributed by atoms with van der Waals surface area (Å²) in [7, 11) is -3.82. The number of rotatable bonds is 5. The molecule has 1 unspecified atom stereocenters. The lowest BCUT2D eigenvalue weighted by Gasteiger charge is -2.09. The molecule has 0 saturated carbocycles. The SMILES string of the molecule is CC(C)COC(=O)c1ccc(C(=O)C2CCOS2(=O)=O)cc1. The van der Waals surface area contributed by atoms with E-state index in [1.54, 1.807) is 0 Å². The predicted molar refractivity (Wildman–Crippen MR) is 79.2 cm³/mol. The molecule has 6 nitrogen and oxygen atoms in total. The van der Waals surface area contributed by atoms with Gasteiger partial charge in [-0.3, -0.25) is 8.98 Å². The number of benzene rings is 1. The third-order valence-corrected chi connectivity index (χ3v) is 4.86. The number of esters is 1. The lowest BCUT2D eigenvalue weighted by molar-refractivity contribution is 0.0458. The van der Waals surface area contributed by atoms with E-state index in [-0.39, 0.29) is 24.5 Å². The van der Waals surface area contributed by atoms with Gasteiger partial charge in [-0.15, -0.1) is 0 Å². The van der Waals surface area contributed by atoms with Crippen molar-refractivity contribution in [1.82, 2.24) is 0 Å². The standard InChI is InChI=1S/C15H18O6S/c1-10(2)9-20-15(17)12-5-3-11(4-6-12)14(16)13-7-8-21-22(13,18)19/h3-6,10,13H,7-9H2,1-2H3. The molecule has 1 aliphatic rings. The Morgan fingerprint density at radius 1 is 1.23 bits per heavy atom. The second-order valence-corrected chi connectivity index (χ2v) is 7.32. The second kappa shape index (κ2) is 6.58. The molecule has 1 saturated heterocycles. The Bertz CT molecular complexity index is 660. The van der Waals surface area contributed by atoms with Gasteiger partial charge in [0.1, 0.15) is 0 Å². The van der Waals surface area contributed by atoms with Crippen LogP contribution in [0.2, 0.25) is 0 Å². The number of hydrogen-bond acceptors (Lipinski definition) is 6. The van der Waals surface area contributed by atoms with E-state index in [4.69, 9.17) is 4.74 Å². The Morgan fingerprint density at radius 3 is 2.32 bits per heavy atom. The van der Waals surface area contributed by atoms with E-state index in [1.165, 1.54) is 24.3 Å². The van der Waals surface area contributed by atoms with Crippen LogP contribution in [0.3, 0.4) is 0 Å². The fourth-order valence-corrected chi connectivity index (χ4v) is 3.32. The zero-order chi connectivity index (χ0) is 16.3. The Hall–Kier alpha value is -1.73. The van der Waals surface area contributed by atoms with Crippen LogP contribution in [0.4, 0.5) is 0 Å². The monoisotopic (exact) mass is 326 g/mol. The summed E-state index contributed by atoms with van der Waals surface area (Å²) in [6, 6.07) is 5.78. The van der Waals surface area contributed by atoms with Crippen molar-refractivity contribution in [3.05, 3.63) is 35.4 Å². The van der Waals surface area contributed by atoms with Crippen LogP contribution in [0.1, 0.15) is 41.0 Å². The molecule has 2 rings (SSSR count). The third kappa shape index (κ3) is 3.72. The number of hydrogen-bond donors (Lipinski definition) is 0. The van der Waals surface area contributed by atoms with E-state index in [1.807, 2.05) is 13.8 Å². The van der Waals surface area contributed by atoms with Gasteiger partial charge in [-0.1, -0.05) is 26.0 Å². The summed E-state index contributed by atoms with van der Waals surface area (Å²) in [5.74, 6) is -0.749. The van der Waals surface area contributed by atoms with Gasteiger partial charge >= 0.3 is 5.97 Å². The van der Waals surface area contributed by atoms with Crippen LogP contribution in [0.25, 0.3) is 0 Å². The summed E-state index contributed by atoms with van der Waals surface area (Å²) in [4.78, 5) is 23.9. The van der Waals surface area contributed by atoms with E-state index >= 15 is 0 Å². The first-order valence-corrected chi connectivity index (χ1v) is 8.48. The van der Waals surface area contributed by atoms with Crippen molar-refractivity contribution >= 4 is 21.9 Å². The number of carbonyl (C=O) groups is 2. The normalized spacial score (nSPS) is 20.0. The first-order valence-electron chi connectivity index (χ1n) is 7.01. The van der Waals surface area contributed by atoms with Gasteiger partial charge in [-0.25, -0.2) is 4.79 Å². The van der Waals surface area contributed by atoms with Crippen LogP contribution in [0, 0.1) is 5.92 Å². The molecule has 1 aromatic rings. The average Bonchev–Trinajstić information content (AvgIpc) is 2.83. The summed E-state index contributed by atoms with van der Waals surface area (Å²) < 4.78 is 32.8. The molecule has 0 aromatic heterocycles. The lowest BCUT2D eigenvalue weighted by atomic mass is 10.0. The zero-order valence-electron chi connectivity index (χ0n) is 12.4. The van der Waals surface area contributed by atoms with E-state index < -0.39 is 27.1 Å². The summed E-state index contributed by atoms with van der Waals surface area (Å²) in [6.07, 6.45) is 0.152. The summed E-state index contributed by atoms with van der Waals surface area (Å²) in [5.41, 5.74) is 0.558.